The number of benzene rings is 2. The molecule has 0 aliphatic carbocycles. The normalized spacial score (nSPS) is 11.9. The topological polar surface area (TPSA) is 119 Å². The number of rotatable bonds is 9. The fourth-order valence-corrected chi connectivity index (χ4v) is 4.55. The average Bonchev–Trinajstić information content (AvgIpc) is 3.18. The van der Waals surface area contributed by atoms with Gasteiger partial charge < -0.3 is 20.9 Å². The Hall–Kier alpha value is -4.36. The molecule has 3 rings (SSSR count). The van der Waals surface area contributed by atoms with E-state index in [1.165, 1.54) is 4.57 Å². The fraction of sp³-hybridized carbons (Fsp3) is 0.231. The molecule has 0 aliphatic heterocycles. The maximum Gasteiger partial charge on any atom is 0.270 e. The van der Waals surface area contributed by atoms with Crippen molar-refractivity contribution in [1.29, 1.82) is 5.26 Å². The number of nitrogens with zero attached hydrogens (tertiary/aromatic N) is 3. The summed E-state index contributed by atoms with van der Waals surface area (Å²) in [6.07, 6.45) is 1.54. The summed E-state index contributed by atoms with van der Waals surface area (Å²) in [6.45, 7) is 4.42. The van der Waals surface area contributed by atoms with Crippen LogP contribution in [0.1, 0.15) is 13.8 Å². The van der Waals surface area contributed by atoms with E-state index in [0.29, 0.717) is 33.7 Å². The van der Waals surface area contributed by atoms with E-state index in [1.807, 2.05) is 48.3 Å². The molecular formula is C26H28N6O3S. The number of para-hydroxylation sites is 1. The summed E-state index contributed by atoms with van der Waals surface area (Å²) in [5, 5.41) is 18.1. The molecule has 3 aromatic rings. The summed E-state index contributed by atoms with van der Waals surface area (Å²) in [4.78, 5) is 39.5. The van der Waals surface area contributed by atoms with E-state index in [4.69, 9.17) is 0 Å². The lowest BCUT2D eigenvalue weighted by Gasteiger charge is -2.18. The van der Waals surface area contributed by atoms with Crippen molar-refractivity contribution in [3.8, 4) is 6.07 Å². The lowest BCUT2D eigenvalue weighted by molar-refractivity contribution is -0.116. The number of nitrogens with one attached hydrogen (secondary N) is 3. The van der Waals surface area contributed by atoms with Crippen LogP contribution in [0.3, 0.4) is 0 Å². The predicted octanol–water partition coefficient (Wildman–Crippen LogP) is 1.67. The Balaban J connectivity index is 1.80. The first-order valence-electron chi connectivity index (χ1n) is 11.4. The zero-order chi connectivity index (χ0) is 26.1. The molecule has 186 valence electrons. The van der Waals surface area contributed by atoms with Crippen molar-refractivity contribution in [1.82, 2.24) is 9.88 Å². The molecule has 0 radical (unpaired) electrons. The number of carbonyl (C=O) groups is 2. The van der Waals surface area contributed by atoms with E-state index in [0.717, 1.165) is 17.0 Å². The van der Waals surface area contributed by atoms with Crippen LogP contribution < -0.4 is 35.6 Å². The Kier molecular flexibility index (Phi) is 9.02. The van der Waals surface area contributed by atoms with E-state index in [9.17, 15) is 19.6 Å². The van der Waals surface area contributed by atoms with E-state index in [2.05, 4.69) is 16.0 Å². The van der Waals surface area contributed by atoms with E-state index < -0.39 is 5.91 Å². The highest BCUT2D eigenvalue weighted by Gasteiger charge is 2.14. The number of hydrogen-bond donors (Lipinski definition) is 3. The van der Waals surface area contributed by atoms with Gasteiger partial charge in [-0.15, -0.1) is 11.3 Å². The molecule has 3 N–H and O–H groups in total. The molecule has 2 amide bonds. The number of hydrogen-bond acceptors (Lipinski definition) is 7. The first-order valence-corrected chi connectivity index (χ1v) is 12.2. The average molecular weight is 505 g/mol. The summed E-state index contributed by atoms with van der Waals surface area (Å²) in [5.74, 6) is -0.676. The Morgan fingerprint density at radius 1 is 1.11 bits per heavy atom. The van der Waals surface area contributed by atoms with Crippen molar-refractivity contribution in [2.75, 3.05) is 35.7 Å². The van der Waals surface area contributed by atoms with Gasteiger partial charge in [-0.25, -0.2) is 0 Å². The second kappa shape index (κ2) is 12.4. The number of likely N-dealkylation sites (N-methyl/N-ethyl adjacent to an activating group) is 1. The number of carbonyl (C=O) groups excluding carboxylic acids is 2. The first-order chi connectivity index (χ1) is 17.4. The molecule has 9 nitrogen and oxygen atoms in total. The van der Waals surface area contributed by atoms with Crippen LogP contribution in [0.4, 0.5) is 17.1 Å². The standard InChI is InChI=1S/C26H28N6O3S/c1-4-28-24(34)21(15-27)26-32(5-2)25(35)22(36-26)16-29-18-10-9-11-19(14-18)30-23(33)17-31(3)20-12-7-6-8-13-20/h6-14,16,29H,4-5,17H2,1-3H3,(H,28,34)(H,30,33). The monoisotopic (exact) mass is 504 g/mol. The highest BCUT2D eigenvalue weighted by Crippen LogP contribution is 2.16. The Morgan fingerprint density at radius 2 is 1.83 bits per heavy atom. The minimum Gasteiger partial charge on any atom is -0.365 e. The minimum absolute atomic E-state index is 0.0920. The lowest BCUT2D eigenvalue weighted by atomic mass is 10.2. The Labute approximate surface area is 213 Å². The third kappa shape index (κ3) is 6.40. The molecule has 0 bridgehead atoms. The molecular weight excluding hydrogens is 476 g/mol. The summed E-state index contributed by atoms with van der Waals surface area (Å²) >= 11 is 1.07. The van der Waals surface area contributed by atoms with E-state index in [-0.39, 0.29) is 23.6 Å². The molecule has 0 atom stereocenters. The van der Waals surface area contributed by atoms with Gasteiger partial charge in [-0.05, 0) is 44.2 Å². The molecule has 1 heterocycles. The highest BCUT2D eigenvalue weighted by atomic mass is 32.1. The van der Waals surface area contributed by atoms with Crippen LogP contribution in [0.15, 0.2) is 59.4 Å². The quantitative estimate of drug-likeness (QED) is 0.408. The van der Waals surface area contributed by atoms with Gasteiger partial charge in [-0.3, -0.25) is 19.0 Å². The van der Waals surface area contributed by atoms with Gasteiger partial charge in [-0.1, -0.05) is 24.3 Å². The van der Waals surface area contributed by atoms with Crippen LogP contribution in [0.5, 0.6) is 0 Å². The fourth-order valence-electron chi connectivity index (χ4n) is 3.46. The second-order valence-corrected chi connectivity index (χ2v) is 8.81. The number of thiazole rings is 1. The molecule has 10 heteroatoms. The molecule has 0 saturated carbocycles. The predicted molar refractivity (Wildman–Crippen MR) is 144 cm³/mol. The van der Waals surface area contributed by atoms with Crippen LogP contribution in [0.2, 0.25) is 0 Å². The van der Waals surface area contributed by atoms with Crippen molar-refractivity contribution < 1.29 is 9.59 Å². The molecule has 1 aromatic heterocycles. The van der Waals surface area contributed by atoms with Crippen LogP contribution >= 0.6 is 11.3 Å². The molecule has 0 unspecified atom stereocenters. The Bertz CT molecular complexity index is 1450. The second-order valence-electron chi connectivity index (χ2n) is 7.78. The van der Waals surface area contributed by atoms with Crippen LogP contribution in [-0.4, -0.2) is 36.5 Å². The number of nitriles is 1. The number of aromatic nitrogens is 1. The van der Waals surface area contributed by atoms with E-state index in [1.54, 1.807) is 44.3 Å². The zero-order valence-corrected chi connectivity index (χ0v) is 21.2. The van der Waals surface area contributed by atoms with Gasteiger partial charge in [0.2, 0.25) is 5.91 Å². The maximum atomic E-state index is 12.9. The SMILES string of the molecule is CCNC(=O)C(C#N)=c1sc(=CNc2cccc(NC(=O)CN(C)c3ccccc3)c2)c(=O)n1CC. The van der Waals surface area contributed by atoms with Gasteiger partial charge in [0.1, 0.15) is 15.3 Å². The third-order valence-electron chi connectivity index (χ3n) is 5.21. The van der Waals surface area contributed by atoms with Gasteiger partial charge in [0.15, 0.2) is 5.57 Å². The summed E-state index contributed by atoms with van der Waals surface area (Å²) in [5.41, 5.74) is 1.82. The van der Waals surface area contributed by atoms with Crippen molar-refractivity contribution in [3.63, 3.8) is 0 Å². The Morgan fingerprint density at radius 3 is 2.50 bits per heavy atom. The van der Waals surface area contributed by atoms with Crippen molar-refractivity contribution in [3.05, 3.63) is 74.1 Å². The first kappa shape index (κ1) is 26.2. The van der Waals surface area contributed by atoms with Crippen molar-refractivity contribution >= 4 is 52.0 Å². The van der Waals surface area contributed by atoms with Gasteiger partial charge in [0.05, 0.1) is 6.54 Å². The van der Waals surface area contributed by atoms with Crippen LogP contribution in [-0.2, 0) is 16.1 Å². The summed E-state index contributed by atoms with van der Waals surface area (Å²) in [6, 6.07) is 18.7. The molecule has 36 heavy (non-hydrogen) atoms. The highest BCUT2D eigenvalue weighted by molar-refractivity contribution is 7.07. The van der Waals surface area contributed by atoms with Crippen molar-refractivity contribution in [2.24, 2.45) is 0 Å². The van der Waals surface area contributed by atoms with Gasteiger partial charge in [-0.2, -0.15) is 5.26 Å². The molecule has 0 saturated heterocycles. The molecule has 2 aromatic carbocycles. The molecule has 0 aliphatic rings. The van der Waals surface area contributed by atoms with Gasteiger partial charge >= 0.3 is 0 Å². The minimum atomic E-state index is -0.510. The van der Waals surface area contributed by atoms with E-state index >= 15 is 0 Å². The van der Waals surface area contributed by atoms with Crippen LogP contribution in [0, 0.1) is 11.3 Å². The van der Waals surface area contributed by atoms with Gasteiger partial charge in [0, 0.05) is 43.4 Å². The zero-order valence-electron chi connectivity index (χ0n) is 20.4. The smallest absolute Gasteiger partial charge is 0.270 e. The lowest BCUT2D eigenvalue weighted by Crippen LogP contribution is -2.34. The molecule has 0 spiro atoms. The largest absolute Gasteiger partial charge is 0.365 e. The maximum absolute atomic E-state index is 12.9. The summed E-state index contributed by atoms with van der Waals surface area (Å²) in [7, 11) is 1.85. The number of amides is 2. The van der Waals surface area contributed by atoms with Crippen molar-refractivity contribution in [2.45, 2.75) is 20.4 Å². The summed E-state index contributed by atoms with van der Waals surface area (Å²) < 4.78 is 2.07. The van der Waals surface area contributed by atoms with Crippen LogP contribution in [0.25, 0.3) is 11.8 Å². The third-order valence-corrected chi connectivity index (χ3v) is 6.34. The van der Waals surface area contributed by atoms with Gasteiger partial charge in [0.25, 0.3) is 11.5 Å². The molecule has 0 fully saturated rings. The number of anilines is 3.